The van der Waals surface area contributed by atoms with E-state index in [9.17, 15) is 0 Å². The first-order valence-corrected chi connectivity index (χ1v) is 6.60. The van der Waals surface area contributed by atoms with Crippen LogP contribution in [0.25, 0.3) is 0 Å². The van der Waals surface area contributed by atoms with Gasteiger partial charge in [-0.2, -0.15) is 0 Å². The van der Waals surface area contributed by atoms with Gasteiger partial charge in [-0.15, -0.1) is 0 Å². The SMILES string of the molecule is C1=CCCC=CCC1.C1=CCCC=CCC1.[Ru].[Ru]. The smallest absolute Gasteiger partial charge is 0 e. The molecule has 0 fully saturated rings. The Morgan fingerprint density at radius 3 is 0.500 bits per heavy atom. The second kappa shape index (κ2) is 17.2. The van der Waals surface area contributed by atoms with Gasteiger partial charge in [-0.1, -0.05) is 48.6 Å². The van der Waals surface area contributed by atoms with Gasteiger partial charge in [-0.05, 0) is 51.4 Å². The molecule has 2 rings (SSSR count). The Morgan fingerprint density at radius 1 is 0.278 bits per heavy atom. The maximum Gasteiger partial charge on any atom is 0 e. The Bertz CT molecular complexity index is 182. The summed E-state index contributed by atoms with van der Waals surface area (Å²) in [6.45, 7) is 0. The van der Waals surface area contributed by atoms with Crippen LogP contribution in [0.2, 0.25) is 0 Å². The van der Waals surface area contributed by atoms with E-state index in [0.29, 0.717) is 0 Å². The van der Waals surface area contributed by atoms with E-state index in [1.54, 1.807) is 0 Å². The number of rotatable bonds is 0. The molecule has 0 bridgehead atoms. The van der Waals surface area contributed by atoms with Crippen molar-refractivity contribution in [3.63, 3.8) is 0 Å². The van der Waals surface area contributed by atoms with Gasteiger partial charge >= 0.3 is 0 Å². The van der Waals surface area contributed by atoms with Crippen molar-refractivity contribution in [2.75, 3.05) is 0 Å². The average Bonchev–Trinajstić information content (AvgIpc) is 2.15. The summed E-state index contributed by atoms with van der Waals surface area (Å²) in [6.07, 6.45) is 28.0. The van der Waals surface area contributed by atoms with E-state index in [1.807, 2.05) is 0 Å². The average molecular weight is 419 g/mol. The van der Waals surface area contributed by atoms with E-state index in [1.165, 1.54) is 51.4 Å². The van der Waals surface area contributed by atoms with E-state index in [0.717, 1.165) is 0 Å². The van der Waals surface area contributed by atoms with Gasteiger partial charge in [0, 0.05) is 39.0 Å². The summed E-state index contributed by atoms with van der Waals surface area (Å²) < 4.78 is 0. The van der Waals surface area contributed by atoms with Crippen molar-refractivity contribution in [3.8, 4) is 0 Å². The van der Waals surface area contributed by atoms with E-state index < -0.39 is 0 Å². The molecule has 0 unspecified atom stereocenters. The van der Waals surface area contributed by atoms with Crippen LogP contribution in [0.3, 0.4) is 0 Å². The first kappa shape index (κ1) is 20.5. The maximum absolute atomic E-state index is 2.27. The standard InChI is InChI=1S/2C8H12.2Ru/c2*1-2-4-6-8-7-5-3-1;;/h2*1-2,7-8H,3-6H2;;. The zero-order valence-corrected chi connectivity index (χ0v) is 14.5. The summed E-state index contributed by atoms with van der Waals surface area (Å²) in [5.74, 6) is 0. The summed E-state index contributed by atoms with van der Waals surface area (Å²) in [7, 11) is 0. The monoisotopic (exact) mass is 420 g/mol. The molecule has 0 amide bonds. The van der Waals surface area contributed by atoms with Gasteiger partial charge in [-0.3, -0.25) is 0 Å². The molecule has 0 saturated heterocycles. The van der Waals surface area contributed by atoms with Crippen LogP contribution in [0, 0.1) is 0 Å². The quantitative estimate of drug-likeness (QED) is 0.368. The van der Waals surface area contributed by atoms with Crippen LogP contribution in [0.1, 0.15) is 51.4 Å². The molecule has 0 heterocycles. The molecule has 0 aromatic rings. The number of hydrogen-bond donors (Lipinski definition) is 0. The molecule has 0 aliphatic heterocycles. The van der Waals surface area contributed by atoms with Crippen molar-refractivity contribution in [2.45, 2.75) is 51.4 Å². The van der Waals surface area contributed by atoms with E-state index >= 15 is 0 Å². The van der Waals surface area contributed by atoms with Crippen molar-refractivity contribution in [3.05, 3.63) is 48.6 Å². The third-order valence-corrected chi connectivity index (χ3v) is 2.67. The second-order valence-corrected chi connectivity index (χ2v) is 4.20. The Hall–Kier alpha value is 0.207. The largest absolute Gasteiger partial charge is 0.0882 e. The summed E-state index contributed by atoms with van der Waals surface area (Å²) in [5.41, 5.74) is 0. The molecule has 18 heavy (non-hydrogen) atoms. The third kappa shape index (κ3) is 14.3. The predicted octanol–water partition coefficient (Wildman–Crippen LogP) is 5.34. The van der Waals surface area contributed by atoms with Gasteiger partial charge in [0.2, 0.25) is 0 Å². The normalized spacial score (nSPS) is 17.8. The third-order valence-electron chi connectivity index (χ3n) is 2.67. The van der Waals surface area contributed by atoms with Gasteiger partial charge in [0.1, 0.15) is 0 Å². The molecule has 0 nitrogen and oxygen atoms in total. The summed E-state index contributed by atoms with van der Waals surface area (Å²) in [4.78, 5) is 0. The van der Waals surface area contributed by atoms with Crippen molar-refractivity contribution >= 4 is 0 Å². The second-order valence-electron chi connectivity index (χ2n) is 4.20. The maximum atomic E-state index is 2.27. The van der Waals surface area contributed by atoms with E-state index in [4.69, 9.17) is 0 Å². The van der Waals surface area contributed by atoms with E-state index in [-0.39, 0.29) is 39.0 Å². The zero-order valence-electron chi connectivity index (χ0n) is 11.0. The van der Waals surface area contributed by atoms with Gasteiger partial charge in [0.05, 0.1) is 0 Å². The molecule has 2 heteroatoms. The predicted molar refractivity (Wildman–Crippen MR) is 73.5 cm³/mol. The molecule has 0 radical (unpaired) electrons. The van der Waals surface area contributed by atoms with Crippen LogP contribution in [0.5, 0.6) is 0 Å². The van der Waals surface area contributed by atoms with Gasteiger partial charge in [-0.25, -0.2) is 0 Å². The van der Waals surface area contributed by atoms with Gasteiger partial charge < -0.3 is 0 Å². The zero-order chi connectivity index (χ0) is 11.3. The Balaban J connectivity index is 0. The van der Waals surface area contributed by atoms with Crippen LogP contribution in [0.15, 0.2) is 48.6 Å². The topological polar surface area (TPSA) is 0 Å². The van der Waals surface area contributed by atoms with Crippen LogP contribution >= 0.6 is 0 Å². The van der Waals surface area contributed by atoms with Crippen molar-refractivity contribution in [1.29, 1.82) is 0 Å². The molecular formula is C16H24Ru2. The summed E-state index contributed by atoms with van der Waals surface area (Å²) >= 11 is 0. The minimum absolute atomic E-state index is 0. The molecule has 104 valence electrons. The number of allylic oxidation sites excluding steroid dienone is 8. The minimum atomic E-state index is 0. The van der Waals surface area contributed by atoms with Crippen molar-refractivity contribution < 1.29 is 39.0 Å². The Labute approximate surface area is 138 Å². The first-order valence-electron chi connectivity index (χ1n) is 6.60. The molecule has 0 atom stereocenters. The van der Waals surface area contributed by atoms with Crippen LogP contribution in [-0.2, 0) is 39.0 Å². The van der Waals surface area contributed by atoms with Crippen LogP contribution < -0.4 is 0 Å². The minimum Gasteiger partial charge on any atom is -0.0882 e. The van der Waals surface area contributed by atoms with E-state index in [2.05, 4.69) is 48.6 Å². The van der Waals surface area contributed by atoms with Gasteiger partial charge in [0.15, 0.2) is 0 Å². The molecule has 0 aromatic carbocycles. The van der Waals surface area contributed by atoms with Gasteiger partial charge in [0.25, 0.3) is 0 Å². The molecule has 0 saturated carbocycles. The van der Waals surface area contributed by atoms with Crippen molar-refractivity contribution in [2.24, 2.45) is 0 Å². The number of hydrogen-bond acceptors (Lipinski definition) is 0. The molecule has 2 aliphatic carbocycles. The molecule has 0 N–H and O–H groups in total. The first-order chi connectivity index (χ1) is 8.00. The summed E-state index contributed by atoms with van der Waals surface area (Å²) in [6, 6.07) is 0. The summed E-state index contributed by atoms with van der Waals surface area (Å²) in [5, 5.41) is 0. The Kier molecular flexibility index (Phi) is 19.6. The van der Waals surface area contributed by atoms with Crippen LogP contribution in [-0.4, -0.2) is 0 Å². The molecule has 0 aromatic heterocycles. The molecule has 0 spiro atoms. The fraction of sp³-hybridized carbons (Fsp3) is 0.500. The Morgan fingerprint density at radius 2 is 0.389 bits per heavy atom. The fourth-order valence-electron chi connectivity index (χ4n) is 1.71. The van der Waals surface area contributed by atoms with Crippen LogP contribution in [0.4, 0.5) is 0 Å². The molecule has 2 aliphatic rings. The molecular weight excluding hydrogens is 394 g/mol. The van der Waals surface area contributed by atoms with Crippen molar-refractivity contribution in [1.82, 2.24) is 0 Å². The fourth-order valence-corrected chi connectivity index (χ4v) is 1.71.